The molecule has 0 aliphatic carbocycles. The van der Waals surface area contributed by atoms with E-state index in [-0.39, 0.29) is 41.7 Å². The fraction of sp³-hybridized carbons (Fsp3) is 0.190. The van der Waals surface area contributed by atoms with E-state index in [1.165, 1.54) is 13.2 Å². The van der Waals surface area contributed by atoms with E-state index >= 15 is 0 Å². The molecular weight excluding hydrogens is 408 g/mol. The third kappa shape index (κ3) is 3.59. The Morgan fingerprint density at radius 1 is 1.16 bits per heavy atom. The highest BCUT2D eigenvalue weighted by molar-refractivity contribution is 5.98. The number of fused-ring (bicyclic) bond motifs is 2. The van der Waals surface area contributed by atoms with E-state index in [1.54, 1.807) is 19.1 Å². The number of pyridine rings is 1. The molecule has 2 heterocycles. The zero-order chi connectivity index (χ0) is 22.1. The van der Waals surface area contributed by atoms with Crippen LogP contribution in [-0.4, -0.2) is 35.7 Å². The molecule has 0 atom stereocenters. The van der Waals surface area contributed by atoms with Gasteiger partial charge in [0.05, 0.1) is 34.9 Å². The van der Waals surface area contributed by atoms with E-state index in [2.05, 4.69) is 4.98 Å². The number of carbonyl (C=O) groups is 2. The largest absolute Gasteiger partial charge is 0.465 e. The molecule has 0 radical (unpaired) electrons. The van der Waals surface area contributed by atoms with Gasteiger partial charge in [-0.1, -0.05) is 18.2 Å². The summed E-state index contributed by atoms with van der Waals surface area (Å²) in [5, 5.41) is 12.2. The lowest BCUT2D eigenvalue weighted by molar-refractivity contribution is -0.385. The second-order valence-corrected chi connectivity index (χ2v) is 6.62. The maximum Gasteiger partial charge on any atom is 0.345 e. The number of para-hydroxylation sites is 1. The van der Waals surface area contributed by atoms with Gasteiger partial charge in [-0.25, -0.2) is 14.6 Å². The lowest BCUT2D eigenvalue weighted by Crippen LogP contribution is -2.14. The van der Waals surface area contributed by atoms with Crippen LogP contribution in [0.25, 0.3) is 10.9 Å². The molecule has 1 aliphatic heterocycles. The van der Waals surface area contributed by atoms with E-state index in [0.717, 1.165) is 11.5 Å². The van der Waals surface area contributed by atoms with Crippen molar-refractivity contribution >= 4 is 28.5 Å². The van der Waals surface area contributed by atoms with Crippen LogP contribution in [0.5, 0.6) is 11.5 Å². The van der Waals surface area contributed by atoms with Gasteiger partial charge < -0.3 is 18.9 Å². The average molecular weight is 424 g/mol. The van der Waals surface area contributed by atoms with E-state index in [0.29, 0.717) is 11.1 Å². The quantitative estimate of drug-likeness (QED) is 0.344. The van der Waals surface area contributed by atoms with Crippen LogP contribution >= 0.6 is 0 Å². The highest BCUT2D eigenvalue weighted by atomic mass is 16.7. The van der Waals surface area contributed by atoms with Crippen molar-refractivity contribution in [1.29, 1.82) is 0 Å². The summed E-state index contributed by atoms with van der Waals surface area (Å²) in [5.41, 5.74) is 0.802. The normalized spacial score (nSPS) is 11.9. The minimum Gasteiger partial charge on any atom is -0.465 e. The van der Waals surface area contributed by atoms with Crippen molar-refractivity contribution in [3.63, 3.8) is 0 Å². The summed E-state index contributed by atoms with van der Waals surface area (Å²) in [6.45, 7) is 1.25. The summed E-state index contributed by atoms with van der Waals surface area (Å²) in [5.74, 6) is -1.22. The number of aryl methyl sites for hydroxylation is 1. The summed E-state index contributed by atoms with van der Waals surface area (Å²) < 4.78 is 20.5. The van der Waals surface area contributed by atoms with Crippen molar-refractivity contribution in [1.82, 2.24) is 4.98 Å². The Labute approximate surface area is 175 Å². The van der Waals surface area contributed by atoms with E-state index in [9.17, 15) is 19.7 Å². The predicted octanol–water partition coefficient (Wildman–Crippen LogP) is 3.32. The van der Waals surface area contributed by atoms with Crippen molar-refractivity contribution in [3.8, 4) is 11.5 Å². The first-order chi connectivity index (χ1) is 14.9. The third-order valence-electron chi connectivity index (χ3n) is 4.86. The number of carbonyl (C=O) groups excluding carboxylic acids is 2. The van der Waals surface area contributed by atoms with Gasteiger partial charge in [0.15, 0.2) is 11.5 Å². The monoisotopic (exact) mass is 424 g/mol. The minimum atomic E-state index is -0.964. The first kappa shape index (κ1) is 20.1. The van der Waals surface area contributed by atoms with Gasteiger partial charge in [-0.15, -0.1) is 0 Å². The van der Waals surface area contributed by atoms with Gasteiger partial charge >= 0.3 is 11.9 Å². The molecule has 2 aromatic carbocycles. The molecule has 4 rings (SSSR count). The number of nitro benzene ring substituents is 1. The Hall–Kier alpha value is -4.21. The zero-order valence-corrected chi connectivity index (χ0v) is 16.5. The first-order valence-electron chi connectivity index (χ1n) is 9.12. The molecule has 0 unspecified atom stereocenters. The van der Waals surface area contributed by atoms with Gasteiger partial charge in [0.1, 0.15) is 12.2 Å². The number of aromatic nitrogens is 1. The van der Waals surface area contributed by atoms with Gasteiger partial charge in [-0.05, 0) is 18.6 Å². The van der Waals surface area contributed by atoms with E-state index in [4.69, 9.17) is 18.9 Å². The fourth-order valence-corrected chi connectivity index (χ4v) is 3.38. The van der Waals surface area contributed by atoms with Crippen LogP contribution in [0.3, 0.4) is 0 Å². The predicted molar refractivity (Wildman–Crippen MR) is 106 cm³/mol. The second kappa shape index (κ2) is 7.90. The minimum absolute atomic E-state index is 0.103. The number of rotatable bonds is 5. The lowest BCUT2D eigenvalue weighted by Gasteiger charge is -2.13. The van der Waals surface area contributed by atoms with Crippen LogP contribution in [-0.2, 0) is 16.1 Å². The average Bonchev–Trinajstić information content (AvgIpc) is 3.23. The fourth-order valence-electron chi connectivity index (χ4n) is 3.38. The molecule has 3 aromatic rings. The van der Waals surface area contributed by atoms with Gasteiger partial charge in [-0.3, -0.25) is 10.1 Å². The van der Waals surface area contributed by atoms with Gasteiger partial charge in [-0.2, -0.15) is 0 Å². The van der Waals surface area contributed by atoms with Gasteiger partial charge in [0.2, 0.25) is 6.79 Å². The molecule has 10 nitrogen and oxygen atoms in total. The van der Waals surface area contributed by atoms with Crippen LogP contribution < -0.4 is 9.47 Å². The number of ether oxygens (including phenoxy) is 4. The Kier molecular flexibility index (Phi) is 5.12. The molecule has 31 heavy (non-hydrogen) atoms. The van der Waals surface area contributed by atoms with Crippen LogP contribution in [0.4, 0.5) is 5.69 Å². The van der Waals surface area contributed by atoms with Gasteiger partial charge in [0.25, 0.3) is 5.69 Å². The molecule has 0 fully saturated rings. The molecule has 1 aromatic heterocycles. The molecule has 0 N–H and O–H groups in total. The van der Waals surface area contributed by atoms with Crippen molar-refractivity contribution in [2.75, 3.05) is 13.9 Å². The van der Waals surface area contributed by atoms with Crippen LogP contribution in [0.2, 0.25) is 0 Å². The number of benzene rings is 2. The van der Waals surface area contributed by atoms with E-state index in [1.807, 2.05) is 12.1 Å². The maximum absolute atomic E-state index is 12.7. The zero-order valence-electron chi connectivity index (χ0n) is 16.5. The SMILES string of the molecule is COC(=O)c1c(COC(=O)c2cc3c(cc2[N+](=O)[O-])OCO3)nc2ccccc2c1C. The number of methoxy groups -OCH3 is 1. The summed E-state index contributed by atoms with van der Waals surface area (Å²) in [6.07, 6.45) is 0. The van der Waals surface area contributed by atoms with Crippen molar-refractivity contribution < 1.29 is 33.5 Å². The molecule has 10 heteroatoms. The van der Waals surface area contributed by atoms with Crippen molar-refractivity contribution in [3.05, 3.63) is 68.9 Å². The molecular formula is C21H16N2O8. The Morgan fingerprint density at radius 3 is 2.58 bits per heavy atom. The summed E-state index contributed by atoms with van der Waals surface area (Å²) in [6, 6.07) is 9.49. The van der Waals surface area contributed by atoms with Crippen LogP contribution in [0.1, 0.15) is 32.0 Å². The number of hydrogen-bond donors (Lipinski definition) is 0. The molecule has 0 bridgehead atoms. The lowest BCUT2D eigenvalue weighted by atomic mass is 10.0. The Balaban J connectivity index is 1.69. The molecule has 0 amide bonds. The third-order valence-corrected chi connectivity index (χ3v) is 4.86. The Bertz CT molecular complexity index is 1240. The van der Waals surface area contributed by atoms with Gasteiger partial charge in [0, 0.05) is 11.5 Å². The molecule has 0 spiro atoms. The highest BCUT2D eigenvalue weighted by Gasteiger charge is 2.29. The molecule has 1 aliphatic rings. The number of esters is 2. The van der Waals surface area contributed by atoms with Crippen molar-refractivity contribution in [2.24, 2.45) is 0 Å². The van der Waals surface area contributed by atoms with Crippen molar-refractivity contribution in [2.45, 2.75) is 13.5 Å². The molecule has 0 saturated carbocycles. The smallest absolute Gasteiger partial charge is 0.345 e. The number of nitro groups is 1. The van der Waals surface area contributed by atoms with Crippen LogP contribution in [0, 0.1) is 17.0 Å². The topological polar surface area (TPSA) is 127 Å². The summed E-state index contributed by atoms with van der Waals surface area (Å²) >= 11 is 0. The standard InChI is InChI=1S/C21H16N2O8/c1-11-12-5-3-4-6-14(12)22-15(19(11)21(25)28-2)9-29-20(24)13-7-17-18(31-10-30-17)8-16(13)23(26)27/h3-8H,9-10H2,1-2H3. The Morgan fingerprint density at radius 2 is 1.87 bits per heavy atom. The first-order valence-corrected chi connectivity index (χ1v) is 9.12. The summed E-state index contributed by atoms with van der Waals surface area (Å²) in [7, 11) is 1.24. The molecule has 158 valence electrons. The number of nitrogens with zero attached hydrogens (tertiary/aromatic N) is 2. The molecule has 0 saturated heterocycles. The summed E-state index contributed by atoms with van der Waals surface area (Å²) in [4.78, 5) is 40.2. The second-order valence-electron chi connectivity index (χ2n) is 6.62. The number of hydrogen-bond acceptors (Lipinski definition) is 9. The van der Waals surface area contributed by atoms with E-state index < -0.39 is 22.5 Å². The maximum atomic E-state index is 12.7. The highest BCUT2D eigenvalue weighted by Crippen LogP contribution is 2.38. The van der Waals surface area contributed by atoms with Crippen LogP contribution in [0.15, 0.2) is 36.4 Å².